The van der Waals surface area contributed by atoms with Crippen LogP contribution in [-0.4, -0.2) is 5.91 Å². The first-order chi connectivity index (χ1) is 11.9. The Hall–Kier alpha value is -3.06. The largest absolute Gasteiger partial charge is 0.360 e. The maximum Gasteiger partial charge on any atom is 0.267 e. The molecule has 0 unspecified atom stereocenters. The van der Waals surface area contributed by atoms with Crippen LogP contribution in [0.2, 0.25) is 0 Å². The van der Waals surface area contributed by atoms with Gasteiger partial charge in [0.2, 0.25) is 0 Å². The van der Waals surface area contributed by atoms with E-state index in [1.54, 1.807) is 0 Å². The highest BCUT2D eigenvalue weighted by atomic mass is 16.1. The minimum Gasteiger partial charge on any atom is -0.360 e. The van der Waals surface area contributed by atoms with Gasteiger partial charge in [0.05, 0.1) is 0 Å². The number of hydrogen-bond donors (Lipinski definition) is 2. The fraction of sp³-hybridized carbons (Fsp3) is 0.238. The van der Waals surface area contributed by atoms with E-state index in [2.05, 4.69) is 24.5 Å². The number of benzene rings is 2. The fourth-order valence-electron chi connectivity index (χ4n) is 2.48. The molecule has 0 saturated heterocycles. The molecule has 0 fully saturated rings. The summed E-state index contributed by atoms with van der Waals surface area (Å²) in [6, 6.07) is 15.6. The van der Waals surface area contributed by atoms with Crippen LogP contribution < -0.4 is 10.6 Å². The van der Waals surface area contributed by atoms with Crippen LogP contribution in [0.15, 0.2) is 54.2 Å². The van der Waals surface area contributed by atoms with Crippen LogP contribution in [0, 0.1) is 25.2 Å². The van der Waals surface area contributed by atoms with Crippen LogP contribution in [0.5, 0.6) is 0 Å². The van der Waals surface area contributed by atoms with E-state index in [0.29, 0.717) is 0 Å². The van der Waals surface area contributed by atoms with E-state index in [-0.39, 0.29) is 11.5 Å². The van der Waals surface area contributed by atoms with Crippen molar-refractivity contribution in [3.8, 4) is 6.07 Å². The molecule has 0 aliphatic carbocycles. The van der Waals surface area contributed by atoms with Crippen molar-refractivity contribution in [2.75, 3.05) is 10.6 Å². The Kier molecular flexibility index (Phi) is 5.97. The molecule has 2 aromatic carbocycles. The maximum absolute atomic E-state index is 12.5. The van der Waals surface area contributed by atoms with E-state index in [1.807, 2.05) is 62.4 Å². The minimum atomic E-state index is -0.418. The SMILES string of the molecule is Cc1ccc(N/C=C(/C#N)C(=O)Nc2c(C)cccc2C(C)C)cc1. The lowest BCUT2D eigenvalue weighted by atomic mass is 9.98. The zero-order chi connectivity index (χ0) is 18.4. The lowest BCUT2D eigenvalue weighted by Gasteiger charge is -2.16. The number of nitriles is 1. The predicted octanol–water partition coefficient (Wildman–Crippen LogP) is 4.88. The molecule has 0 aromatic heterocycles. The van der Waals surface area contributed by atoms with Crippen molar-refractivity contribution in [1.29, 1.82) is 5.26 Å². The number of nitrogens with zero attached hydrogens (tertiary/aromatic N) is 1. The predicted molar refractivity (Wildman–Crippen MR) is 102 cm³/mol. The second-order valence-electron chi connectivity index (χ2n) is 6.33. The number of para-hydroxylation sites is 1. The Balaban J connectivity index is 2.20. The van der Waals surface area contributed by atoms with Gasteiger partial charge in [0.1, 0.15) is 11.6 Å². The minimum absolute atomic E-state index is 0.0264. The Labute approximate surface area is 149 Å². The normalized spacial score (nSPS) is 11.1. The lowest BCUT2D eigenvalue weighted by Crippen LogP contribution is -2.17. The Bertz CT molecular complexity index is 827. The average Bonchev–Trinajstić information content (AvgIpc) is 2.58. The van der Waals surface area contributed by atoms with Gasteiger partial charge in [0.15, 0.2) is 0 Å². The van der Waals surface area contributed by atoms with Crippen LogP contribution in [0.1, 0.15) is 36.5 Å². The number of aryl methyl sites for hydroxylation is 2. The molecule has 128 valence electrons. The Morgan fingerprint density at radius 2 is 1.80 bits per heavy atom. The summed E-state index contributed by atoms with van der Waals surface area (Å²) in [5.41, 5.74) is 4.80. The molecule has 0 aliphatic heterocycles. The van der Waals surface area contributed by atoms with E-state index >= 15 is 0 Å². The van der Waals surface area contributed by atoms with E-state index in [4.69, 9.17) is 0 Å². The Morgan fingerprint density at radius 1 is 1.12 bits per heavy atom. The molecule has 1 amide bonds. The molecule has 0 aliphatic rings. The summed E-state index contributed by atoms with van der Waals surface area (Å²) in [4.78, 5) is 12.5. The second-order valence-corrected chi connectivity index (χ2v) is 6.33. The van der Waals surface area contributed by atoms with Gasteiger partial charge in [0.25, 0.3) is 5.91 Å². The highest BCUT2D eigenvalue weighted by molar-refractivity contribution is 6.07. The van der Waals surface area contributed by atoms with Crippen LogP contribution in [0.3, 0.4) is 0 Å². The van der Waals surface area contributed by atoms with Crippen molar-refractivity contribution in [3.63, 3.8) is 0 Å². The van der Waals surface area contributed by atoms with Gasteiger partial charge in [-0.05, 0) is 43.0 Å². The molecule has 0 radical (unpaired) electrons. The highest BCUT2D eigenvalue weighted by Gasteiger charge is 2.15. The van der Waals surface area contributed by atoms with Gasteiger partial charge in [-0.25, -0.2) is 0 Å². The molecule has 2 rings (SSSR count). The molecule has 0 saturated carbocycles. The van der Waals surface area contributed by atoms with Crippen LogP contribution in [0.4, 0.5) is 11.4 Å². The topological polar surface area (TPSA) is 64.9 Å². The Morgan fingerprint density at radius 3 is 2.40 bits per heavy atom. The van der Waals surface area contributed by atoms with Crippen molar-refractivity contribution >= 4 is 17.3 Å². The van der Waals surface area contributed by atoms with Crippen molar-refractivity contribution in [2.45, 2.75) is 33.6 Å². The standard InChI is InChI=1S/C21H23N3O/c1-14(2)19-7-5-6-16(4)20(19)24-21(25)17(12-22)13-23-18-10-8-15(3)9-11-18/h5-11,13-14,23H,1-4H3,(H,24,25)/b17-13-. The fourth-order valence-corrected chi connectivity index (χ4v) is 2.48. The number of anilines is 2. The summed E-state index contributed by atoms with van der Waals surface area (Å²) in [6.45, 7) is 8.10. The maximum atomic E-state index is 12.5. The summed E-state index contributed by atoms with van der Waals surface area (Å²) in [6.07, 6.45) is 1.44. The first kappa shape index (κ1) is 18.3. The number of rotatable bonds is 5. The third-order valence-electron chi connectivity index (χ3n) is 3.97. The van der Waals surface area contributed by atoms with Gasteiger partial charge in [-0.3, -0.25) is 4.79 Å². The summed E-state index contributed by atoms with van der Waals surface area (Å²) in [5.74, 6) is -0.145. The van der Waals surface area contributed by atoms with Crippen LogP contribution >= 0.6 is 0 Å². The third kappa shape index (κ3) is 4.71. The zero-order valence-corrected chi connectivity index (χ0v) is 15.1. The quantitative estimate of drug-likeness (QED) is 0.605. The molecular formula is C21H23N3O. The van der Waals surface area contributed by atoms with Gasteiger partial charge in [0, 0.05) is 17.6 Å². The summed E-state index contributed by atoms with van der Waals surface area (Å²) in [7, 11) is 0. The number of hydrogen-bond acceptors (Lipinski definition) is 3. The van der Waals surface area contributed by atoms with Gasteiger partial charge >= 0.3 is 0 Å². The van der Waals surface area contributed by atoms with E-state index < -0.39 is 5.91 Å². The first-order valence-electron chi connectivity index (χ1n) is 8.26. The summed E-state index contributed by atoms with van der Waals surface area (Å²) in [5, 5.41) is 15.2. The molecule has 2 N–H and O–H groups in total. The van der Waals surface area contributed by atoms with Gasteiger partial charge in [-0.2, -0.15) is 5.26 Å². The molecule has 0 heterocycles. The number of amides is 1. The second kappa shape index (κ2) is 8.16. The zero-order valence-electron chi connectivity index (χ0n) is 15.1. The van der Waals surface area contributed by atoms with E-state index in [9.17, 15) is 10.1 Å². The van der Waals surface area contributed by atoms with E-state index in [0.717, 1.165) is 28.1 Å². The van der Waals surface area contributed by atoms with Crippen LogP contribution in [-0.2, 0) is 4.79 Å². The highest BCUT2D eigenvalue weighted by Crippen LogP contribution is 2.27. The van der Waals surface area contributed by atoms with Gasteiger partial charge in [-0.1, -0.05) is 49.7 Å². The monoisotopic (exact) mass is 333 g/mol. The molecule has 4 heteroatoms. The van der Waals surface area contributed by atoms with E-state index in [1.165, 1.54) is 6.20 Å². The molecule has 25 heavy (non-hydrogen) atoms. The first-order valence-corrected chi connectivity index (χ1v) is 8.26. The molecular weight excluding hydrogens is 310 g/mol. The summed E-state index contributed by atoms with van der Waals surface area (Å²) < 4.78 is 0. The van der Waals surface area contributed by atoms with Crippen molar-refractivity contribution in [1.82, 2.24) is 0 Å². The van der Waals surface area contributed by atoms with Gasteiger partial charge in [-0.15, -0.1) is 0 Å². The van der Waals surface area contributed by atoms with Crippen molar-refractivity contribution in [3.05, 3.63) is 70.9 Å². The number of carbonyl (C=O) groups excluding carboxylic acids is 1. The lowest BCUT2D eigenvalue weighted by molar-refractivity contribution is -0.112. The van der Waals surface area contributed by atoms with Gasteiger partial charge < -0.3 is 10.6 Å². The smallest absolute Gasteiger partial charge is 0.267 e. The molecule has 0 spiro atoms. The molecule has 2 aromatic rings. The van der Waals surface area contributed by atoms with Crippen molar-refractivity contribution in [2.24, 2.45) is 0 Å². The molecule has 4 nitrogen and oxygen atoms in total. The molecule has 0 bridgehead atoms. The average molecular weight is 333 g/mol. The molecule has 0 atom stereocenters. The summed E-state index contributed by atoms with van der Waals surface area (Å²) >= 11 is 0. The van der Waals surface area contributed by atoms with Crippen molar-refractivity contribution < 1.29 is 4.79 Å². The number of nitrogens with one attached hydrogen (secondary N) is 2. The van der Waals surface area contributed by atoms with Crippen LogP contribution in [0.25, 0.3) is 0 Å². The third-order valence-corrected chi connectivity index (χ3v) is 3.97. The number of carbonyl (C=O) groups is 1.